The molecule has 0 spiro atoms. The summed E-state index contributed by atoms with van der Waals surface area (Å²) < 4.78 is 108. The quantitative estimate of drug-likeness (QED) is 0.0282. The van der Waals surface area contributed by atoms with Crippen LogP contribution in [-0.4, -0.2) is 155 Å². The summed E-state index contributed by atoms with van der Waals surface area (Å²) in [5, 5.41) is 28.2. The highest BCUT2D eigenvalue weighted by Crippen LogP contribution is 2.49. The number of carbonyl (C=O) groups excluding carboxylic acids is 3. The van der Waals surface area contributed by atoms with E-state index < -0.39 is 122 Å². The Kier molecular flexibility index (Phi) is 29.3. The zero-order chi connectivity index (χ0) is 98.7. The van der Waals surface area contributed by atoms with E-state index in [0.29, 0.717) is 87.8 Å². The van der Waals surface area contributed by atoms with Gasteiger partial charge in [0.1, 0.15) is 68.9 Å². The SMILES string of the molecule is C=CC(=O)N1CCN(c2c(C#N)c(=O)n(-c3c(C)ccnc3C(C)C)c3nc(-c4c(F)c(N)c(F)c(Cl)c4Cl)c(Cl)cc23)CC1.C=CC(=O)N1CCN(c2c(C#N)c(=O)n(-c3c(C)ccnc3C(C)C)c3nc(-c4c(F)c(N)c(F)c(Cl)c4Cl)c(Cl)cc23)CC1.C=CC(=O)N1CCN(c2c(C#N)c(=O)n(-c3c(C)ccnc3C(C)C)c3nc(-c4c(F)c(N)c(F)c(F)c4Cl)c(Cl)cc23)CC1. The molecule has 0 bridgehead atoms. The molecule has 135 heavy (non-hydrogen) atoms. The normalized spacial score (nSPS) is 13.4. The van der Waals surface area contributed by atoms with E-state index in [1.165, 1.54) is 50.1 Å². The second kappa shape index (κ2) is 39.8. The van der Waals surface area contributed by atoms with Crippen LogP contribution in [0.1, 0.15) is 110 Å². The number of carbonyl (C=O) groups is 3. The molecular formula is C93H78Cl8F7N21O6. The Hall–Kier alpha value is -13.1. The van der Waals surface area contributed by atoms with E-state index in [-0.39, 0.29) is 170 Å². The number of rotatable bonds is 15. The molecule has 3 saturated heterocycles. The first kappa shape index (κ1) is 99.4. The number of halogens is 15. The molecule has 6 N–H and O–H groups in total. The summed E-state index contributed by atoms with van der Waals surface area (Å²) in [4.78, 5) is 117. The van der Waals surface area contributed by atoms with Gasteiger partial charge < -0.3 is 46.6 Å². The van der Waals surface area contributed by atoms with E-state index in [9.17, 15) is 62.1 Å². The Morgan fingerprint density at radius 1 is 0.378 bits per heavy atom. The number of nitriles is 3. The van der Waals surface area contributed by atoms with Crippen molar-refractivity contribution in [3.05, 3.63) is 255 Å². The van der Waals surface area contributed by atoms with Gasteiger partial charge >= 0.3 is 0 Å². The van der Waals surface area contributed by atoms with Crippen LogP contribution in [0.25, 0.3) is 83.9 Å². The molecule has 15 rings (SSSR count). The van der Waals surface area contributed by atoms with Crippen molar-refractivity contribution in [2.45, 2.75) is 80.1 Å². The minimum Gasteiger partial charge on any atom is -0.394 e. The van der Waals surface area contributed by atoms with E-state index in [4.69, 9.17) is 110 Å². The van der Waals surface area contributed by atoms with Crippen LogP contribution in [0.4, 0.5) is 64.9 Å². The zero-order valence-corrected chi connectivity index (χ0v) is 79.2. The van der Waals surface area contributed by atoms with E-state index in [1.54, 1.807) is 87.0 Å². The second-order valence-electron chi connectivity index (χ2n) is 32.2. The van der Waals surface area contributed by atoms with Gasteiger partial charge in [-0.25, -0.2) is 45.7 Å². The van der Waals surface area contributed by atoms with Crippen molar-refractivity contribution in [2.75, 3.05) is 110 Å². The lowest BCUT2D eigenvalue weighted by Gasteiger charge is -2.36. The first-order valence-corrected chi connectivity index (χ1v) is 44.3. The molecule has 3 amide bonds. The third-order valence-electron chi connectivity index (χ3n) is 23.2. The molecule has 0 saturated carbocycles. The van der Waals surface area contributed by atoms with Gasteiger partial charge in [0.05, 0.1) is 125 Å². The Bertz CT molecular complexity index is 6650. The fourth-order valence-electron chi connectivity index (χ4n) is 16.5. The number of anilines is 6. The van der Waals surface area contributed by atoms with Crippen molar-refractivity contribution in [3.63, 3.8) is 0 Å². The molecule has 12 heterocycles. The summed E-state index contributed by atoms with van der Waals surface area (Å²) in [6.07, 6.45) is 8.45. The monoisotopic (exact) mass is 2000 g/mol. The van der Waals surface area contributed by atoms with Gasteiger partial charge in [0.25, 0.3) is 16.7 Å². The second-order valence-corrected chi connectivity index (χ2v) is 35.3. The fraction of sp³-hybridized carbons (Fsp3) is 0.258. The molecule has 3 aromatic carbocycles. The van der Waals surface area contributed by atoms with Crippen molar-refractivity contribution in [2.24, 2.45) is 0 Å². The third-order valence-corrected chi connectivity index (χ3v) is 26.1. The molecule has 9 aromatic heterocycles. The summed E-state index contributed by atoms with van der Waals surface area (Å²) in [5.41, 5.74) is 13.9. The molecule has 696 valence electrons. The minimum atomic E-state index is -1.67. The zero-order valence-electron chi connectivity index (χ0n) is 73.2. The number of pyridine rings is 9. The Morgan fingerprint density at radius 2 is 0.622 bits per heavy atom. The summed E-state index contributed by atoms with van der Waals surface area (Å²) in [7, 11) is 0. The van der Waals surface area contributed by atoms with Crippen molar-refractivity contribution < 1.29 is 45.1 Å². The molecule has 3 aliphatic rings. The number of hydrogen-bond donors (Lipinski definition) is 3. The van der Waals surface area contributed by atoms with Gasteiger partial charge in [-0.1, -0.05) is 154 Å². The van der Waals surface area contributed by atoms with Crippen LogP contribution in [0, 0.1) is 95.5 Å². The van der Waals surface area contributed by atoms with Crippen molar-refractivity contribution in [3.8, 4) is 69.0 Å². The maximum Gasteiger partial charge on any atom is 0.276 e. The summed E-state index contributed by atoms with van der Waals surface area (Å²) in [6.45, 7) is 30.6. The summed E-state index contributed by atoms with van der Waals surface area (Å²) in [6, 6.07) is 15.5. The molecule has 0 atom stereocenters. The smallest absolute Gasteiger partial charge is 0.276 e. The number of nitrogen functional groups attached to an aromatic ring is 3. The molecule has 0 aliphatic carbocycles. The molecule has 3 aliphatic heterocycles. The van der Waals surface area contributed by atoms with Crippen LogP contribution in [-0.2, 0) is 14.4 Å². The van der Waals surface area contributed by atoms with Gasteiger partial charge in [0, 0.05) is 113 Å². The highest BCUT2D eigenvalue weighted by atomic mass is 35.5. The molecule has 42 heteroatoms. The van der Waals surface area contributed by atoms with Gasteiger partial charge in [-0.2, -0.15) is 15.8 Å². The van der Waals surface area contributed by atoms with E-state index in [1.807, 2.05) is 47.6 Å². The number of nitrogens with two attached hydrogens (primary N) is 3. The minimum absolute atomic E-state index is 0.00508. The fourth-order valence-corrected chi connectivity index (χ4v) is 18.4. The van der Waals surface area contributed by atoms with Crippen LogP contribution >= 0.6 is 92.8 Å². The van der Waals surface area contributed by atoms with Crippen LogP contribution in [0.5, 0.6) is 0 Å². The van der Waals surface area contributed by atoms with Crippen molar-refractivity contribution in [1.29, 1.82) is 15.8 Å². The molecule has 0 unspecified atom stereocenters. The number of benzene rings is 3. The lowest BCUT2D eigenvalue weighted by atomic mass is 10.0. The lowest BCUT2D eigenvalue weighted by molar-refractivity contribution is -0.127. The number of fused-ring (bicyclic) bond motifs is 3. The number of amides is 3. The van der Waals surface area contributed by atoms with Gasteiger partial charge in [0.15, 0.2) is 40.7 Å². The van der Waals surface area contributed by atoms with E-state index >= 15 is 13.2 Å². The predicted molar refractivity (Wildman–Crippen MR) is 512 cm³/mol. The van der Waals surface area contributed by atoms with Gasteiger partial charge in [-0.05, 0) is 110 Å². The van der Waals surface area contributed by atoms with Gasteiger partial charge in [0.2, 0.25) is 17.7 Å². The van der Waals surface area contributed by atoms with Gasteiger partial charge in [-0.3, -0.25) is 57.4 Å². The van der Waals surface area contributed by atoms with Crippen molar-refractivity contribution >= 4 is 178 Å². The highest BCUT2D eigenvalue weighted by molar-refractivity contribution is 6.46. The molecule has 27 nitrogen and oxygen atoms in total. The molecule has 0 radical (unpaired) electrons. The van der Waals surface area contributed by atoms with Gasteiger partial charge in [-0.15, -0.1) is 0 Å². The average Bonchev–Trinajstić information content (AvgIpc) is 0.728. The van der Waals surface area contributed by atoms with Crippen LogP contribution in [0.3, 0.4) is 0 Å². The summed E-state index contributed by atoms with van der Waals surface area (Å²) in [5.74, 6) is -10.8. The van der Waals surface area contributed by atoms with Crippen LogP contribution < -0.4 is 48.6 Å². The predicted octanol–water partition coefficient (Wildman–Crippen LogP) is 18.7. The number of aromatic nitrogens is 9. The van der Waals surface area contributed by atoms with Crippen LogP contribution in [0.2, 0.25) is 40.2 Å². The Morgan fingerprint density at radius 3 is 0.859 bits per heavy atom. The third kappa shape index (κ3) is 17.7. The maximum absolute atomic E-state index is 15.6. The van der Waals surface area contributed by atoms with Crippen molar-refractivity contribution in [1.82, 2.24) is 58.3 Å². The number of piperazine rings is 3. The topological polar surface area (TPSA) is 363 Å². The first-order valence-electron chi connectivity index (χ1n) is 41.3. The average molecular weight is 2000 g/mol. The lowest BCUT2D eigenvalue weighted by Crippen LogP contribution is -2.49. The number of aryl methyl sites for hydroxylation is 3. The van der Waals surface area contributed by atoms with Crippen LogP contribution in [0.15, 0.2) is 107 Å². The van der Waals surface area contributed by atoms with E-state index in [2.05, 4.69) is 61.8 Å². The molecular weight excluding hydrogens is 1920 g/mol. The summed E-state index contributed by atoms with van der Waals surface area (Å²) >= 11 is 51.0. The largest absolute Gasteiger partial charge is 0.394 e. The van der Waals surface area contributed by atoms with E-state index in [0.717, 1.165) is 0 Å². The Balaban J connectivity index is 0.000000171. The number of nitrogens with zero attached hydrogens (tertiary/aromatic N) is 18. The maximum atomic E-state index is 15.6. The molecule has 3 fully saturated rings. The molecule has 12 aromatic rings. The number of hydrogen-bond acceptors (Lipinski definition) is 21. The highest BCUT2D eigenvalue weighted by Gasteiger charge is 2.38. The Labute approximate surface area is 806 Å². The first-order chi connectivity index (χ1) is 64.0. The standard InChI is InChI=1S/2C31H26Cl3F2N7O2.C31H26Cl2F3N7O2/c2*1-5-19(44)41-8-10-42(11-9-41)29-16-12-18(32)27(20-21(33)22(34)24(36)25(38)23(20)35)40-30(16)43(31(45)17(29)13-37)28-15(4)6-7-39-26(28)14(2)3;1-5-19(44)41-8-10-42(11-9-41)29-16-12-18(32)27(20-21(33)23(35)24(36)25(38)22(20)34)40-30(16)43(31(45)17(29)13-37)28-15(4)6-7-39-26(28)14(2)3/h3*5-7,12,14H,1,8-11,38H2,2-4H3.